The number of morpholine rings is 1. The van der Waals surface area contributed by atoms with Crippen LogP contribution >= 0.6 is 0 Å². The number of phenols is 1. The summed E-state index contributed by atoms with van der Waals surface area (Å²) in [7, 11) is 0. The topological polar surface area (TPSA) is 73.6 Å². The molecule has 5 nitrogen and oxygen atoms in total. The monoisotopic (exact) mass is 232 g/mol. The van der Waals surface area contributed by atoms with Crippen LogP contribution in [0.1, 0.15) is 10.4 Å². The minimum Gasteiger partial charge on any atom is -0.508 e. The summed E-state index contributed by atoms with van der Waals surface area (Å²) in [6, 6.07) is 8.06. The average Bonchev–Trinajstić information content (AvgIpc) is 2.39. The molecule has 0 aromatic heterocycles. The van der Waals surface area contributed by atoms with Gasteiger partial charge in [0.05, 0.1) is 19.2 Å². The van der Waals surface area contributed by atoms with Crippen molar-refractivity contribution in [1.82, 2.24) is 4.90 Å². The lowest BCUT2D eigenvalue weighted by atomic mass is 10.1. The van der Waals surface area contributed by atoms with Crippen LogP contribution in [-0.4, -0.2) is 41.7 Å². The van der Waals surface area contributed by atoms with Crippen LogP contribution in [0, 0.1) is 11.3 Å². The second-order valence-electron chi connectivity index (χ2n) is 3.79. The van der Waals surface area contributed by atoms with Crippen molar-refractivity contribution in [1.29, 1.82) is 5.26 Å². The van der Waals surface area contributed by atoms with E-state index in [0.717, 1.165) is 0 Å². The van der Waals surface area contributed by atoms with Gasteiger partial charge in [0, 0.05) is 12.1 Å². The zero-order valence-corrected chi connectivity index (χ0v) is 9.17. The largest absolute Gasteiger partial charge is 0.508 e. The maximum atomic E-state index is 12.1. The Morgan fingerprint density at radius 1 is 1.47 bits per heavy atom. The van der Waals surface area contributed by atoms with Gasteiger partial charge in [-0.05, 0) is 24.3 Å². The Balaban J connectivity index is 2.09. The molecular weight excluding hydrogens is 220 g/mol. The number of aromatic hydroxyl groups is 1. The van der Waals surface area contributed by atoms with Gasteiger partial charge in [-0.2, -0.15) is 5.26 Å². The average molecular weight is 232 g/mol. The molecule has 0 aliphatic carbocycles. The Morgan fingerprint density at radius 2 is 2.18 bits per heavy atom. The molecule has 0 bridgehead atoms. The smallest absolute Gasteiger partial charge is 0.254 e. The second-order valence-corrected chi connectivity index (χ2v) is 3.79. The van der Waals surface area contributed by atoms with E-state index in [1.807, 2.05) is 6.07 Å². The van der Waals surface area contributed by atoms with Crippen LogP contribution in [-0.2, 0) is 4.74 Å². The van der Waals surface area contributed by atoms with Crippen LogP contribution in [0.3, 0.4) is 0 Å². The Morgan fingerprint density at radius 3 is 2.82 bits per heavy atom. The van der Waals surface area contributed by atoms with E-state index >= 15 is 0 Å². The zero-order valence-electron chi connectivity index (χ0n) is 9.17. The van der Waals surface area contributed by atoms with Crippen LogP contribution < -0.4 is 0 Å². The summed E-state index contributed by atoms with van der Waals surface area (Å²) in [5, 5.41) is 17.9. The third-order valence-electron chi connectivity index (χ3n) is 2.61. The number of phenolic OH excluding ortho intramolecular Hbond substituents is 1. The molecule has 1 aromatic carbocycles. The van der Waals surface area contributed by atoms with Crippen molar-refractivity contribution in [2.24, 2.45) is 0 Å². The Labute approximate surface area is 98.8 Å². The van der Waals surface area contributed by atoms with Crippen molar-refractivity contribution in [2.45, 2.75) is 6.10 Å². The normalized spacial score (nSPS) is 19.7. The van der Waals surface area contributed by atoms with E-state index in [1.165, 1.54) is 12.1 Å². The van der Waals surface area contributed by atoms with E-state index in [0.29, 0.717) is 18.7 Å². The van der Waals surface area contributed by atoms with Crippen LogP contribution in [0.5, 0.6) is 5.75 Å². The highest BCUT2D eigenvalue weighted by molar-refractivity contribution is 5.94. The summed E-state index contributed by atoms with van der Waals surface area (Å²) < 4.78 is 5.17. The van der Waals surface area contributed by atoms with E-state index in [4.69, 9.17) is 15.1 Å². The fourth-order valence-electron chi connectivity index (χ4n) is 1.70. The molecule has 5 heteroatoms. The number of carbonyl (C=O) groups excluding carboxylic acids is 1. The molecule has 1 amide bonds. The van der Waals surface area contributed by atoms with Gasteiger partial charge in [-0.3, -0.25) is 4.79 Å². The summed E-state index contributed by atoms with van der Waals surface area (Å²) in [6.07, 6.45) is -0.551. The molecule has 1 heterocycles. The molecule has 88 valence electrons. The first-order valence-corrected chi connectivity index (χ1v) is 5.30. The predicted octanol–water partition coefficient (Wildman–Crippen LogP) is 0.757. The molecular formula is C12H12N2O3. The Bertz CT molecular complexity index is 450. The highest BCUT2D eigenvalue weighted by atomic mass is 16.5. The molecule has 1 aliphatic rings. The minimum absolute atomic E-state index is 0.124. The lowest BCUT2D eigenvalue weighted by Gasteiger charge is -2.29. The quantitative estimate of drug-likeness (QED) is 0.775. The number of nitriles is 1. The van der Waals surface area contributed by atoms with Crippen molar-refractivity contribution in [3.63, 3.8) is 0 Å². The fraction of sp³-hybridized carbons (Fsp3) is 0.333. The van der Waals surface area contributed by atoms with Crippen molar-refractivity contribution in [2.75, 3.05) is 19.7 Å². The van der Waals surface area contributed by atoms with E-state index in [1.54, 1.807) is 17.0 Å². The first-order valence-electron chi connectivity index (χ1n) is 5.30. The summed E-state index contributed by atoms with van der Waals surface area (Å²) in [5.74, 6) is -0.0213. The number of hydrogen-bond acceptors (Lipinski definition) is 4. The molecule has 2 rings (SSSR count). The maximum Gasteiger partial charge on any atom is 0.254 e. The van der Waals surface area contributed by atoms with Gasteiger partial charge in [0.1, 0.15) is 5.75 Å². The second kappa shape index (κ2) is 4.85. The van der Waals surface area contributed by atoms with Gasteiger partial charge in [-0.25, -0.2) is 0 Å². The highest BCUT2D eigenvalue weighted by Gasteiger charge is 2.24. The van der Waals surface area contributed by atoms with Gasteiger partial charge in [0.2, 0.25) is 0 Å². The number of benzene rings is 1. The van der Waals surface area contributed by atoms with Gasteiger partial charge in [-0.15, -0.1) is 0 Å². The summed E-state index contributed by atoms with van der Waals surface area (Å²) in [6.45, 7) is 1.15. The summed E-state index contributed by atoms with van der Waals surface area (Å²) in [5.41, 5.74) is 0.501. The van der Waals surface area contributed by atoms with Crippen LogP contribution in [0.15, 0.2) is 24.3 Å². The van der Waals surface area contributed by atoms with Gasteiger partial charge >= 0.3 is 0 Å². The third kappa shape index (κ3) is 2.55. The van der Waals surface area contributed by atoms with Crippen LogP contribution in [0.2, 0.25) is 0 Å². The lowest BCUT2D eigenvalue weighted by Crippen LogP contribution is -2.45. The predicted molar refractivity (Wildman–Crippen MR) is 59.4 cm³/mol. The lowest BCUT2D eigenvalue weighted by molar-refractivity contribution is 0.00347. The van der Waals surface area contributed by atoms with Gasteiger partial charge in [0.25, 0.3) is 5.91 Å². The molecule has 1 aromatic rings. The zero-order chi connectivity index (χ0) is 12.3. The molecule has 1 unspecified atom stereocenters. The number of rotatable bonds is 1. The standard InChI is InChI=1S/C12H12N2O3/c13-7-11-8-14(5-6-17-11)12(16)9-1-3-10(15)4-2-9/h1-4,11,15H,5-6,8H2. The summed E-state index contributed by atoms with van der Waals surface area (Å²) in [4.78, 5) is 13.6. The van der Waals surface area contributed by atoms with E-state index in [2.05, 4.69) is 0 Å². The number of carbonyl (C=O) groups is 1. The van der Waals surface area contributed by atoms with Crippen LogP contribution in [0.4, 0.5) is 0 Å². The van der Waals surface area contributed by atoms with Crippen molar-refractivity contribution < 1.29 is 14.6 Å². The molecule has 1 aliphatic heterocycles. The molecule has 1 atom stereocenters. The van der Waals surface area contributed by atoms with Gasteiger partial charge in [0.15, 0.2) is 6.10 Å². The van der Waals surface area contributed by atoms with Crippen molar-refractivity contribution >= 4 is 5.91 Å². The molecule has 1 N–H and O–H groups in total. The number of hydrogen-bond donors (Lipinski definition) is 1. The first-order chi connectivity index (χ1) is 8.20. The maximum absolute atomic E-state index is 12.1. The number of ether oxygens (including phenoxy) is 1. The number of nitrogens with zero attached hydrogens (tertiary/aromatic N) is 2. The van der Waals surface area contributed by atoms with Crippen molar-refractivity contribution in [3.05, 3.63) is 29.8 Å². The SMILES string of the molecule is N#CC1CN(C(=O)c2ccc(O)cc2)CCO1. The van der Waals surface area contributed by atoms with Gasteiger partial charge < -0.3 is 14.7 Å². The van der Waals surface area contributed by atoms with Crippen molar-refractivity contribution in [3.8, 4) is 11.8 Å². The van der Waals surface area contributed by atoms with E-state index in [9.17, 15) is 4.79 Å². The van der Waals surface area contributed by atoms with E-state index < -0.39 is 6.10 Å². The van der Waals surface area contributed by atoms with E-state index in [-0.39, 0.29) is 18.2 Å². The Hall–Kier alpha value is -2.06. The highest BCUT2D eigenvalue weighted by Crippen LogP contribution is 2.14. The first kappa shape index (κ1) is 11.4. The number of amides is 1. The molecule has 0 radical (unpaired) electrons. The third-order valence-corrected chi connectivity index (χ3v) is 2.61. The summed E-state index contributed by atoms with van der Waals surface area (Å²) >= 11 is 0. The minimum atomic E-state index is -0.551. The molecule has 17 heavy (non-hydrogen) atoms. The molecule has 1 fully saturated rings. The molecule has 0 spiro atoms. The van der Waals surface area contributed by atoms with Gasteiger partial charge in [-0.1, -0.05) is 0 Å². The fourth-order valence-corrected chi connectivity index (χ4v) is 1.70. The Kier molecular flexibility index (Phi) is 3.26. The van der Waals surface area contributed by atoms with Crippen LogP contribution in [0.25, 0.3) is 0 Å². The molecule has 0 saturated carbocycles. The molecule has 1 saturated heterocycles.